The highest BCUT2D eigenvalue weighted by Crippen LogP contribution is 2.28. The molecule has 0 fully saturated rings. The van der Waals surface area contributed by atoms with Crippen molar-refractivity contribution in [3.8, 4) is 5.75 Å². The maximum Gasteiger partial charge on any atom is 0.342 e. The van der Waals surface area contributed by atoms with Gasteiger partial charge < -0.3 is 19.7 Å². The van der Waals surface area contributed by atoms with E-state index in [0.717, 1.165) is 0 Å². The minimum Gasteiger partial charge on any atom is -0.544 e. The van der Waals surface area contributed by atoms with E-state index in [2.05, 4.69) is 4.74 Å². The molecule has 0 amide bonds. The van der Waals surface area contributed by atoms with Crippen LogP contribution in [0.2, 0.25) is 0 Å². The van der Waals surface area contributed by atoms with Gasteiger partial charge in [-0.2, -0.15) is 8.78 Å². The number of phenolic OH excluding ortho intramolecular Hbond substituents is 1. The lowest BCUT2D eigenvalue weighted by Crippen LogP contribution is -2.53. The number of carbonyl (C=O) groups excluding carboxylic acids is 2. The summed E-state index contributed by atoms with van der Waals surface area (Å²) in [5, 5.41) is 19.9. The smallest absolute Gasteiger partial charge is 0.342 e. The van der Waals surface area contributed by atoms with E-state index in [1.54, 1.807) is 0 Å². The largest absolute Gasteiger partial charge is 0.544 e. The second kappa shape index (κ2) is 5.85. The summed E-state index contributed by atoms with van der Waals surface area (Å²) in [5.74, 6) is -9.59. The van der Waals surface area contributed by atoms with Gasteiger partial charge in [-0.3, -0.25) is 0 Å². The van der Waals surface area contributed by atoms with Crippen LogP contribution in [0, 0.1) is 5.92 Å². The van der Waals surface area contributed by atoms with Crippen LogP contribution in [0.3, 0.4) is 0 Å². The van der Waals surface area contributed by atoms with E-state index >= 15 is 0 Å². The van der Waals surface area contributed by atoms with Crippen LogP contribution in [0.4, 0.5) is 8.78 Å². The number of carboxylic acid groups (broad SMARTS) is 1. The molecule has 0 radical (unpaired) electrons. The Hall–Kier alpha value is -2.18. The van der Waals surface area contributed by atoms with Crippen molar-refractivity contribution >= 4 is 11.9 Å². The Morgan fingerprint density at radius 2 is 1.85 bits per heavy atom. The Kier molecular flexibility index (Phi) is 4.65. The van der Waals surface area contributed by atoms with E-state index in [0.29, 0.717) is 0 Å². The van der Waals surface area contributed by atoms with Crippen molar-refractivity contribution in [2.24, 2.45) is 5.92 Å². The third kappa shape index (κ3) is 3.23. The van der Waals surface area contributed by atoms with E-state index < -0.39 is 35.6 Å². The lowest BCUT2D eigenvalue weighted by Gasteiger charge is -2.30. The zero-order valence-electron chi connectivity index (χ0n) is 10.8. The molecule has 0 aliphatic heterocycles. The van der Waals surface area contributed by atoms with Crippen LogP contribution in [0.5, 0.6) is 5.75 Å². The monoisotopic (exact) mass is 287 g/mol. The van der Waals surface area contributed by atoms with Gasteiger partial charge >= 0.3 is 11.9 Å². The maximum absolute atomic E-state index is 13.4. The summed E-state index contributed by atoms with van der Waals surface area (Å²) >= 11 is 0. The lowest BCUT2D eigenvalue weighted by atomic mass is 10.0. The number of halogens is 2. The third-order valence-corrected chi connectivity index (χ3v) is 2.59. The molecule has 20 heavy (non-hydrogen) atoms. The highest BCUT2D eigenvalue weighted by molar-refractivity contribution is 5.92. The standard InChI is InChI=1S/C13H14F2O5/c1-7(2)10(13(14,15)12(18)19)20-11(17)8-5-3-4-6-9(8)16/h3-7,10,16H,1-2H3,(H,18,19)/p-1. The number of alkyl halides is 2. The Bertz CT molecular complexity index is 513. The Labute approximate surface area is 113 Å². The summed E-state index contributed by atoms with van der Waals surface area (Å²) in [5.41, 5.74) is -0.327. The third-order valence-electron chi connectivity index (χ3n) is 2.59. The topological polar surface area (TPSA) is 86.7 Å². The molecule has 1 N–H and O–H groups in total. The Morgan fingerprint density at radius 1 is 1.30 bits per heavy atom. The van der Waals surface area contributed by atoms with Crippen molar-refractivity contribution in [2.75, 3.05) is 0 Å². The summed E-state index contributed by atoms with van der Waals surface area (Å²) < 4.78 is 31.4. The molecule has 110 valence electrons. The molecule has 0 heterocycles. The van der Waals surface area contributed by atoms with Crippen molar-refractivity contribution in [3.63, 3.8) is 0 Å². The normalized spacial score (nSPS) is 13.1. The molecule has 1 unspecified atom stereocenters. The highest BCUT2D eigenvalue weighted by Gasteiger charge is 2.46. The zero-order chi connectivity index (χ0) is 15.5. The Balaban J connectivity index is 3.01. The molecule has 7 heteroatoms. The molecular weight excluding hydrogens is 274 g/mol. The molecular formula is C13H13F2O5-. The molecule has 1 atom stereocenters. The van der Waals surface area contributed by atoms with E-state index in [4.69, 9.17) is 0 Å². The minimum absolute atomic E-state index is 0.327. The van der Waals surface area contributed by atoms with Gasteiger partial charge in [-0.15, -0.1) is 0 Å². The zero-order valence-corrected chi connectivity index (χ0v) is 10.8. The van der Waals surface area contributed by atoms with E-state index in [1.165, 1.54) is 38.1 Å². The first-order valence-electron chi connectivity index (χ1n) is 5.76. The number of aliphatic carboxylic acids is 1. The van der Waals surface area contributed by atoms with Crippen LogP contribution in [-0.2, 0) is 9.53 Å². The van der Waals surface area contributed by atoms with Crippen LogP contribution < -0.4 is 5.11 Å². The fourth-order valence-corrected chi connectivity index (χ4v) is 1.57. The van der Waals surface area contributed by atoms with E-state index in [1.807, 2.05) is 0 Å². The number of ether oxygens (including phenoxy) is 1. The van der Waals surface area contributed by atoms with E-state index in [9.17, 15) is 28.6 Å². The Morgan fingerprint density at radius 3 is 2.30 bits per heavy atom. The lowest BCUT2D eigenvalue weighted by molar-refractivity contribution is -0.337. The quantitative estimate of drug-likeness (QED) is 0.815. The van der Waals surface area contributed by atoms with Gasteiger partial charge in [0.2, 0.25) is 0 Å². The van der Waals surface area contributed by atoms with Gasteiger partial charge in [0, 0.05) is 0 Å². The van der Waals surface area contributed by atoms with Crippen molar-refractivity contribution in [1.82, 2.24) is 0 Å². The van der Waals surface area contributed by atoms with Crippen molar-refractivity contribution in [3.05, 3.63) is 29.8 Å². The predicted octanol–water partition coefficient (Wildman–Crippen LogP) is 0.959. The molecule has 0 saturated heterocycles. The van der Waals surface area contributed by atoms with Gasteiger partial charge in [0.05, 0.1) is 0 Å². The van der Waals surface area contributed by atoms with Gasteiger partial charge in [-0.1, -0.05) is 26.0 Å². The average Bonchev–Trinajstić information content (AvgIpc) is 2.35. The molecule has 0 aliphatic carbocycles. The SMILES string of the molecule is CC(C)C(OC(=O)c1ccccc1O)C(F)(F)C(=O)[O-]. The molecule has 1 rings (SSSR count). The fourth-order valence-electron chi connectivity index (χ4n) is 1.57. The summed E-state index contributed by atoms with van der Waals surface area (Å²) in [6.45, 7) is 2.55. The minimum atomic E-state index is -4.33. The molecule has 0 aliphatic rings. The number of hydrogen-bond donors (Lipinski definition) is 1. The first-order valence-corrected chi connectivity index (χ1v) is 5.76. The number of esters is 1. The molecule has 0 spiro atoms. The van der Waals surface area contributed by atoms with Gasteiger partial charge in [0.1, 0.15) is 17.3 Å². The highest BCUT2D eigenvalue weighted by atomic mass is 19.3. The number of phenols is 1. The van der Waals surface area contributed by atoms with Gasteiger partial charge in [0.15, 0.2) is 6.10 Å². The summed E-state index contributed by atoms with van der Waals surface area (Å²) in [6.07, 6.45) is -2.19. The van der Waals surface area contributed by atoms with E-state index in [-0.39, 0.29) is 5.56 Å². The van der Waals surface area contributed by atoms with Crippen molar-refractivity contribution < 1.29 is 33.3 Å². The summed E-state index contributed by atoms with van der Waals surface area (Å²) in [7, 11) is 0. The van der Waals surface area contributed by atoms with Crippen LogP contribution in [0.1, 0.15) is 24.2 Å². The van der Waals surface area contributed by atoms with Crippen molar-refractivity contribution in [1.29, 1.82) is 0 Å². The molecule has 0 aromatic heterocycles. The molecule has 0 saturated carbocycles. The number of para-hydroxylation sites is 1. The van der Waals surface area contributed by atoms with Gasteiger partial charge in [-0.25, -0.2) is 4.79 Å². The number of carboxylic acids is 1. The molecule has 5 nitrogen and oxygen atoms in total. The second-order valence-corrected chi connectivity index (χ2v) is 4.50. The number of aromatic hydroxyl groups is 1. The molecule has 1 aromatic carbocycles. The molecule has 1 aromatic rings. The maximum atomic E-state index is 13.4. The predicted molar refractivity (Wildman–Crippen MR) is 62.1 cm³/mol. The fraction of sp³-hybridized carbons (Fsp3) is 0.385. The van der Waals surface area contributed by atoms with Crippen molar-refractivity contribution in [2.45, 2.75) is 25.9 Å². The van der Waals surface area contributed by atoms with Crippen LogP contribution in [0.25, 0.3) is 0 Å². The second-order valence-electron chi connectivity index (χ2n) is 4.50. The summed E-state index contributed by atoms with van der Waals surface area (Å²) in [4.78, 5) is 22.2. The van der Waals surface area contributed by atoms with Crippen LogP contribution in [-0.4, -0.2) is 29.1 Å². The first-order chi connectivity index (χ1) is 9.17. The number of carbonyl (C=O) groups is 2. The average molecular weight is 287 g/mol. The van der Waals surface area contributed by atoms with Crippen LogP contribution in [0.15, 0.2) is 24.3 Å². The first kappa shape index (κ1) is 15.9. The van der Waals surface area contributed by atoms with Gasteiger partial charge in [0.25, 0.3) is 0 Å². The molecule has 0 bridgehead atoms. The summed E-state index contributed by atoms with van der Waals surface area (Å²) in [6, 6.07) is 5.18. The van der Waals surface area contributed by atoms with Gasteiger partial charge in [-0.05, 0) is 18.1 Å². The number of rotatable bonds is 5. The number of hydrogen-bond acceptors (Lipinski definition) is 5. The number of benzene rings is 1. The van der Waals surface area contributed by atoms with Crippen LogP contribution >= 0.6 is 0 Å².